The maximum absolute atomic E-state index is 12.5. The van der Waals surface area contributed by atoms with Crippen LogP contribution in [0.4, 0.5) is 0 Å². The fourth-order valence-corrected chi connectivity index (χ4v) is 3.65. The minimum absolute atomic E-state index is 0.149. The molecule has 0 aliphatic rings. The van der Waals surface area contributed by atoms with E-state index in [0.717, 1.165) is 6.26 Å². The summed E-state index contributed by atoms with van der Waals surface area (Å²) in [5.41, 5.74) is 0.368. The van der Waals surface area contributed by atoms with Gasteiger partial charge >= 0.3 is 0 Å². The van der Waals surface area contributed by atoms with Gasteiger partial charge in [-0.3, -0.25) is 9.59 Å². The highest BCUT2D eigenvalue weighted by Gasteiger charge is 2.14. The van der Waals surface area contributed by atoms with E-state index in [4.69, 9.17) is 14.2 Å². The third-order valence-electron chi connectivity index (χ3n) is 4.77. The molecule has 2 rings (SSSR count). The molecule has 0 aromatic heterocycles. The van der Waals surface area contributed by atoms with Gasteiger partial charge in [0.2, 0.25) is 5.91 Å². The zero-order valence-electron chi connectivity index (χ0n) is 20.0. The summed E-state index contributed by atoms with van der Waals surface area (Å²) in [5.74, 6) is 0.846. The quantitative estimate of drug-likeness (QED) is 0.428. The molecule has 0 heterocycles. The lowest BCUT2D eigenvalue weighted by atomic mass is 10.2. The maximum atomic E-state index is 12.5. The highest BCUT2D eigenvalue weighted by molar-refractivity contribution is 7.90. The lowest BCUT2D eigenvalue weighted by molar-refractivity contribution is -0.128. The zero-order chi connectivity index (χ0) is 25.1. The van der Waals surface area contributed by atoms with Crippen molar-refractivity contribution in [3.8, 4) is 17.2 Å². The number of carbonyl (C=O) groups excluding carboxylic acids is 2. The summed E-state index contributed by atoms with van der Waals surface area (Å²) >= 11 is 0. The van der Waals surface area contributed by atoms with E-state index in [2.05, 4.69) is 5.32 Å². The normalized spacial score (nSPS) is 10.9. The number of sulfone groups is 1. The highest BCUT2D eigenvalue weighted by atomic mass is 32.2. The van der Waals surface area contributed by atoms with E-state index in [1.54, 1.807) is 37.4 Å². The molecule has 2 amide bonds. The lowest BCUT2D eigenvalue weighted by Gasteiger charge is -2.18. The topological polar surface area (TPSA) is 111 Å². The van der Waals surface area contributed by atoms with Gasteiger partial charge in [0.1, 0.15) is 5.75 Å². The molecule has 0 aliphatic heterocycles. The Kier molecular flexibility index (Phi) is 10.2. The van der Waals surface area contributed by atoms with E-state index in [1.807, 2.05) is 13.8 Å². The Hall–Kier alpha value is -3.27. The molecule has 9 nitrogen and oxygen atoms in total. The number of benzene rings is 2. The standard InChI is InChI=1S/C24H32N2O7S/c1-5-31-21-12-11-18(15-22(21)32-6-2)24(28)25-17-23(27)26(3)13-8-14-33-19-9-7-10-20(16-19)34(4,29)30/h7,9-12,15-16H,5-6,8,13-14,17H2,1-4H3,(H,25,28). The molecule has 0 radical (unpaired) electrons. The molecule has 2 aromatic rings. The first-order valence-electron chi connectivity index (χ1n) is 11.0. The van der Waals surface area contributed by atoms with Crippen LogP contribution in [0.5, 0.6) is 17.2 Å². The first-order valence-corrected chi connectivity index (χ1v) is 12.9. The Balaban J connectivity index is 1.79. The molecule has 2 aromatic carbocycles. The van der Waals surface area contributed by atoms with E-state index in [1.165, 1.54) is 17.0 Å². The van der Waals surface area contributed by atoms with Gasteiger partial charge in [-0.1, -0.05) is 6.07 Å². The first-order chi connectivity index (χ1) is 16.2. The number of amides is 2. The van der Waals surface area contributed by atoms with E-state index in [0.29, 0.717) is 55.6 Å². The van der Waals surface area contributed by atoms with Crippen LogP contribution in [0.3, 0.4) is 0 Å². The van der Waals surface area contributed by atoms with Crippen molar-refractivity contribution in [2.75, 3.05) is 46.2 Å². The Morgan fingerprint density at radius 1 is 0.971 bits per heavy atom. The summed E-state index contributed by atoms with van der Waals surface area (Å²) in [6, 6.07) is 11.2. The van der Waals surface area contributed by atoms with Gasteiger partial charge < -0.3 is 24.4 Å². The molecule has 0 saturated heterocycles. The van der Waals surface area contributed by atoms with Crippen LogP contribution in [-0.2, 0) is 14.6 Å². The molecule has 10 heteroatoms. The van der Waals surface area contributed by atoms with Crippen LogP contribution < -0.4 is 19.5 Å². The molecule has 186 valence electrons. The number of nitrogens with one attached hydrogen (secondary N) is 1. The summed E-state index contributed by atoms with van der Waals surface area (Å²) in [4.78, 5) is 26.5. The average molecular weight is 493 g/mol. The van der Waals surface area contributed by atoms with Crippen LogP contribution in [0.15, 0.2) is 47.4 Å². The summed E-state index contributed by atoms with van der Waals surface area (Å²) in [7, 11) is -1.66. The van der Waals surface area contributed by atoms with Crippen molar-refractivity contribution in [2.45, 2.75) is 25.2 Å². The largest absolute Gasteiger partial charge is 0.493 e. The van der Waals surface area contributed by atoms with Crippen molar-refractivity contribution in [3.63, 3.8) is 0 Å². The number of hydrogen-bond donors (Lipinski definition) is 1. The van der Waals surface area contributed by atoms with Crippen molar-refractivity contribution in [1.29, 1.82) is 0 Å². The molecule has 0 saturated carbocycles. The van der Waals surface area contributed by atoms with E-state index < -0.39 is 9.84 Å². The summed E-state index contributed by atoms with van der Waals surface area (Å²) in [6.45, 7) is 5.19. The number of hydrogen-bond acceptors (Lipinski definition) is 7. The number of nitrogens with zero attached hydrogens (tertiary/aromatic N) is 1. The minimum atomic E-state index is -3.31. The van der Waals surface area contributed by atoms with Gasteiger partial charge in [-0.25, -0.2) is 8.42 Å². The second-order valence-corrected chi connectivity index (χ2v) is 9.49. The average Bonchev–Trinajstić information content (AvgIpc) is 2.81. The van der Waals surface area contributed by atoms with Crippen molar-refractivity contribution in [1.82, 2.24) is 10.2 Å². The van der Waals surface area contributed by atoms with Crippen molar-refractivity contribution in [2.24, 2.45) is 0 Å². The van der Waals surface area contributed by atoms with Gasteiger partial charge in [-0.05, 0) is 56.7 Å². The molecule has 0 bridgehead atoms. The number of ether oxygens (including phenoxy) is 3. The Labute approximate surface area is 200 Å². The van der Waals surface area contributed by atoms with Gasteiger partial charge in [-0.2, -0.15) is 0 Å². The fraction of sp³-hybridized carbons (Fsp3) is 0.417. The Morgan fingerprint density at radius 3 is 2.35 bits per heavy atom. The lowest BCUT2D eigenvalue weighted by Crippen LogP contribution is -2.38. The van der Waals surface area contributed by atoms with Crippen LogP contribution >= 0.6 is 0 Å². The molecule has 1 N–H and O–H groups in total. The summed E-state index contributed by atoms with van der Waals surface area (Å²) < 4.78 is 39.9. The second kappa shape index (κ2) is 12.8. The number of rotatable bonds is 13. The maximum Gasteiger partial charge on any atom is 0.251 e. The fourth-order valence-electron chi connectivity index (χ4n) is 3.00. The monoisotopic (exact) mass is 492 g/mol. The van der Waals surface area contributed by atoms with Crippen LogP contribution in [0.25, 0.3) is 0 Å². The predicted octanol–water partition coefficient (Wildman–Crippen LogP) is 2.54. The summed E-state index contributed by atoms with van der Waals surface area (Å²) in [5, 5.41) is 2.62. The first kappa shape index (κ1) is 27.0. The van der Waals surface area contributed by atoms with Gasteiger partial charge in [0.25, 0.3) is 5.91 Å². The van der Waals surface area contributed by atoms with Gasteiger partial charge in [-0.15, -0.1) is 0 Å². The SMILES string of the molecule is CCOc1ccc(C(=O)NCC(=O)N(C)CCCOc2cccc(S(C)(=O)=O)c2)cc1OCC. The zero-order valence-corrected chi connectivity index (χ0v) is 20.8. The molecule has 0 fully saturated rings. The third kappa shape index (κ3) is 8.26. The molecular weight excluding hydrogens is 460 g/mol. The van der Waals surface area contributed by atoms with Crippen LogP contribution in [0.2, 0.25) is 0 Å². The van der Waals surface area contributed by atoms with Crippen molar-refractivity contribution in [3.05, 3.63) is 48.0 Å². The number of carbonyl (C=O) groups is 2. The molecule has 0 aliphatic carbocycles. The van der Waals surface area contributed by atoms with Gasteiger partial charge in [0, 0.05) is 25.4 Å². The minimum Gasteiger partial charge on any atom is -0.493 e. The predicted molar refractivity (Wildman–Crippen MR) is 128 cm³/mol. The van der Waals surface area contributed by atoms with E-state index >= 15 is 0 Å². The smallest absolute Gasteiger partial charge is 0.251 e. The third-order valence-corrected chi connectivity index (χ3v) is 5.88. The summed E-state index contributed by atoms with van der Waals surface area (Å²) in [6.07, 6.45) is 1.68. The van der Waals surface area contributed by atoms with Crippen molar-refractivity contribution < 1.29 is 32.2 Å². The van der Waals surface area contributed by atoms with Crippen molar-refractivity contribution >= 4 is 21.7 Å². The molecule has 0 atom stereocenters. The molecule has 0 spiro atoms. The second-order valence-electron chi connectivity index (χ2n) is 7.47. The van der Waals surface area contributed by atoms with Crippen LogP contribution in [-0.4, -0.2) is 71.3 Å². The van der Waals surface area contributed by atoms with Crippen LogP contribution in [0, 0.1) is 0 Å². The van der Waals surface area contributed by atoms with E-state index in [-0.39, 0.29) is 23.3 Å². The molecule has 34 heavy (non-hydrogen) atoms. The van der Waals surface area contributed by atoms with Gasteiger partial charge in [0.15, 0.2) is 21.3 Å². The Bertz CT molecular complexity index is 1090. The molecule has 0 unspecified atom stereocenters. The molecular formula is C24H32N2O7S. The van der Waals surface area contributed by atoms with Crippen LogP contribution in [0.1, 0.15) is 30.6 Å². The highest BCUT2D eigenvalue weighted by Crippen LogP contribution is 2.28. The van der Waals surface area contributed by atoms with E-state index in [9.17, 15) is 18.0 Å². The Morgan fingerprint density at radius 2 is 1.68 bits per heavy atom. The van der Waals surface area contributed by atoms with Gasteiger partial charge in [0.05, 0.1) is 31.3 Å². The number of likely N-dealkylation sites (N-methyl/N-ethyl adjacent to an activating group) is 1.